The average Bonchev–Trinajstić information content (AvgIpc) is 2.80. The van der Waals surface area contributed by atoms with Crippen molar-refractivity contribution in [3.05, 3.63) is 41.7 Å². The summed E-state index contributed by atoms with van der Waals surface area (Å²) < 4.78 is 0. The Morgan fingerprint density at radius 3 is 2.85 bits per heavy atom. The fourth-order valence-corrected chi connectivity index (χ4v) is 2.78. The van der Waals surface area contributed by atoms with Gasteiger partial charge >= 0.3 is 0 Å². The van der Waals surface area contributed by atoms with Gasteiger partial charge in [0.1, 0.15) is 0 Å². The number of pyridine rings is 1. The molecule has 0 aromatic carbocycles. The van der Waals surface area contributed by atoms with E-state index in [4.69, 9.17) is 0 Å². The summed E-state index contributed by atoms with van der Waals surface area (Å²) in [6.07, 6.45) is 8.95. The molecule has 1 saturated heterocycles. The maximum absolute atomic E-state index is 10.2. The van der Waals surface area contributed by atoms with E-state index in [1.165, 1.54) is 11.1 Å². The second kappa shape index (κ2) is 7.55. The zero-order chi connectivity index (χ0) is 14.4. The lowest BCUT2D eigenvalue weighted by molar-refractivity contribution is 0.141. The Morgan fingerprint density at radius 2 is 2.15 bits per heavy atom. The van der Waals surface area contributed by atoms with Crippen LogP contribution in [-0.4, -0.2) is 40.7 Å². The third-order valence-corrected chi connectivity index (χ3v) is 4.23. The summed E-state index contributed by atoms with van der Waals surface area (Å²) in [6.45, 7) is 7.25. The molecule has 3 nitrogen and oxygen atoms in total. The predicted octanol–water partition coefficient (Wildman–Crippen LogP) is 2.66. The van der Waals surface area contributed by atoms with Crippen molar-refractivity contribution < 1.29 is 5.11 Å². The van der Waals surface area contributed by atoms with Gasteiger partial charge in [0.15, 0.2) is 0 Å². The molecule has 2 heterocycles. The first-order valence-corrected chi connectivity index (χ1v) is 7.64. The Bertz CT molecular complexity index is 430. The van der Waals surface area contributed by atoms with E-state index in [0.29, 0.717) is 5.92 Å². The highest BCUT2D eigenvalue weighted by molar-refractivity contribution is 5.11. The number of hydrogen-bond donors (Lipinski definition) is 1. The van der Waals surface area contributed by atoms with Crippen LogP contribution in [0.5, 0.6) is 0 Å². The molecule has 0 spiro atoms. The standard InChI is InChI=1S/C17H26N2O/c1-3-14(2)5-4-10-19-12-16(17(20)13-19)11-15-6-8-18-9-7-15/h5-9,16-17,20H,3-4,10-13H2,1-2H3/b14-5+/t16-,17-/m1/s1. The summed E-state index contributed by atoms with van der Waals surface area (Å²) in [5.41, 5.74) is 2.73. The van der Waals surface area contributed by atoms with Crippen LogP contribution in [0.4, 0.5) is 0 Å². The topological polar surface area (TPSA) is 36.4 Å². The van der Waals surface area contributed by atoms with Crippen LogP contribution in [0.2, 0.25) is 0 Å². The lowest BCUT2D eigenvalue weighted by Crippen LogP contribution is -2.22. The zero-order valence-electron chi connectivity index (χ0n) is 12.6. The van der Waals surface area contributed by atoms with Gasteiger partial charge in [-0.15, -0.1) is 0 Å². The first-order chi connectivity index (χ1) is 9.69. The summed E-state index contributed by atoms with van der Waals surface area (Å²) in [7, 11) is 0. The van der Waals surface area contributed by atoms with Crippen molar-refractivity contribution in [1.29, 1.82) is 0 Å². The first kappa shape index (κ1) is 15.2. The highest BCUT2D eigenvalue weighted by atomic mass is 16.3. The smallest absolute Gasteiger partial charge is 0.0710 e. The minimum Gasteiger partial charge on any atom is -0.391 e. The Hall–Kier alpha value is -1.19. The molecule has 1 aromatic heterocycles. The van der Waals surface area contributed by atoms with Crippen LogP contribution in [0.25, 0.3) is 0 Å². The van der Waals surface area contributed by atoms with Crippen LogP contribution in [0.15, 0.2) is 36.2 Å². The van der Waals surface area contributed by atoms with Gasteiger partial charge < -0.3 is 10.0 Å². The van der Waals surface area contributed by atoms with Gasteiger partial charge in [-0.3, -0.25) is 4.98 Å². The van der Waals surface area contributed by atoms with Gasteiger partial charge in [0, 0.05) is 37.9 Å². The van der Waals surface area contributed by atoms with Gasteiger partial charge in [-0.2, -0.15) is 0 Å². The molecule has 3 heteroatoms. The lowest BCUT2D eigenvalue weighted by atomic mass is 9.97. The Balaban J connectivity index is 1.80. The number of β-amino-alcohol motifs (C(OH)–C–C–N with tert-alkyl or cyclic N) is 1. The van der Waals surface area contributed by atoms with Crippen molar-refractivity contribution in [2.75, 3.05) is 19.6 Å². The molecule has 0 saturated carbocycles. The van der Waals surface area contributed by atoms with E-state index in [-0.39, 0.29) is 6.10 Å². The molecule has 1 fully saturated rings. The Morgan fingerprint density at radius 1 is 1.40 bits per heavy atom. The van der Waals surface area contributed by atoms with E-state index in [9.17, 15) is 5.11 Å². The number of likely N-dealkylation sites (tertiary alicyclic amines) is 1. The Labute approximate surface area is 122 Å². The van der Waals surface area contributed by atoms with Crippen LogP contribution in [0.3, 0.4) is 0 Å². The number of aliphatic hydroxyl groups excluding tert-OH is 1. The van der Waals surface area contributed by atoms with E-state index in [2.05, 4.69) is 29.8 Å². The molecule has 1 aliphatic heterocycles. The van der Waals surface area contributed by atoms with E-state index < -0.39 is 0 Å². The molecule has 110 valence electrons. The minimum atomic E-state index is -0.195. The predicted molar refractivity (Wildman–Crippen MR) is 82.5 cm³/mol. The van der Waals surface area contributed by atoms with E-state index in [0.717, 1.165) is 38.9 Å². The van der Waals surface area contributed by atoms with Gasteiger partial charge in [-0.05, 0) is 43.9 Å². The van der Waals surface area contributed by atoms with Gasteiger partial charge in [0.05, 0.1) is 6.10 Å². The van der Waals surface area contributed by atoms with Crippen LogP contribution in [-0.2, 0) is 6.42 Å². The van der Waals surface area contributed by atoms with Crippen molar-refractivity contribution >= 4 is 0 Å². The first-order valence-electron chi connectivity index (χ1n) is 7.64. The summed E-state index contributed by atoms with van der Waals surface area (Å²) in [5, 5.41) is 10.2. The molecule has 1 aromatic rings. The maximum atomic E-state index is 10.2. The monoisotopic (exact) mass is 274 g/mol. The molecular weight excluding hydrogens is 248 g/mol. The molecular formula is C17H26N2O. The van der Waals surface area contributed by atoms with Crippen LogP contribution in [0.1, 0.15) is 32.3 Å². The SMILES string of the molecule is CC/C(C)=C/CCN1C[C@@H](Cc2ccncc2)[C@H](O)C1. The molecule has 20 heavy (non-hydrogen) atoms. The number of nitrogens with zero attached hydrogens (tertiary/aromatic N) is 2. The average molecular weight is 274 g/mol. The molecule has 0 amide bonds. The normalized spacial score (nSPS) is 24.2. The fourth-order valence-electron chi connectivity index (χ4n) is 2.78. The zero-order valence-corrected chi connectivity index (χ0v) is 12.6. The number of allylic oxidation sites excluding steroid dienone is 1. The minimum absolute atomic E-state index is 0.195. The molecule has 0 unspecified atom stereocenters. The third-order valence-electron chi connectivity index (χ3n) is 4.23. The summed E-state index contributed by atoms with van der Waals surface area (Å²) >= 11 is 0. The fraction of sp³-hybridized carbons (Fsp3) is 0.588. The number of rotatable bonds is 6. The number of aliphatic hydroxyl groups is 1. The summed E-state index contributed by atoms with van der Waals surface area (Å²) in [4.78, 5) is 6.42. The highest BCUT2D eigenvalue weighted by Gasteiger charge is 2.30. The van der Waals surface area contributed by atoms with Crippen LogP contribution >= 0.6 is 0 Å². The van der Waals surface area contributed by atoms with Crippen molar-refractivity contribution in [1.82, 2.24) is 9.88 Å². The summed E-state index contributed by atoms with van der Waals surface area (Å²) in [6, 6.07) is 4.09. The van der Waals surface area contributed by atoms with Crippen LogP contribution < -0.4 is 0 Å². The van der Waals surface area contributed by atoms with Crippen molar-refractivity contribution in [3.8, 4) is 0 Å². The molecule has 0 bridgehead atoms. The van der Waals surface area contributed by atoms with E-state index in [1.807, 2.05) is 24.5 Å². The van der Waals surface area contributed by atoms with Crippen molar-refractivity contribution in [3.63, 3.8) is 0 Å². The number of hydrogen-bond acceptors (Lipinski definition) is 3. The molecule has 0 aliphatic carbocycles. The summed E-state index contributed by atoms with van der Waals surface area (Å²) in [5.74, 6) is 0.355. The highest BCUT2D eigenvalue weighted by Crippen LogP contribution is 2.21. The van der Waals surface area contributed by atoms with Crippen LogP contribution in [0, 0.1) is 5.92 Å². The third kappa shape index (κ3) is 4.43. The second-order valence-electron chi connectivity index (χ2n) is 5.84. The number of aromatic nitrogens is 1. The maximum Gasteiger partial charge on any atom is 0.0710 e. The van der Waals surface area contributed by atoms with Crippen molar-refractivity contribution in [2.45, 2.75) is 39.2 Å². The Kier molecular flexibility index (Phi) is 5.74. The van der Waals surface area contributed by atoms with E-state index >= 15 is 0 Å². The molecule has 1 aliphatic rings. The molecule has 1 N–H and O–H groups in total. The largest absolute Gasteiger partial charge is 0.391 e. The van der Waals surface area contributed by atoms with E-state index in [1.54, 1.807) is 0 Å². The lowest BCUT2D eigenvalue weighted by Gasteiger charge is -2.14. The van der Waals surface area contributed by atoms with Crippen molar-refractivity contribution in [2.24, 2.45) is 5.92 Å². The quantitative estimate of drug-likeness (QED) is 0.810. The molecule has 2 atom stereocenters. The van der Waals surface area contributed by atoms with Gasteiger partial charge in [-0.1, -0.05) is 18.6 Å². The van der Waals surface area contributed by atoms with Gasteiger partial charge in [-0.25, -0.2) is 0 Å². The van der Waals surface area contributed by atoms with Gasteiger partial charge in [0.2, 0.25) is 0 Å². The second-order valence-corrected chi connectivity index (χ2v) is 5.84. The molecule has 0 radical (unpaired) electrons. The molecule has 2 rings (SSSR count). The van der Waals surface area contributed by atoms with Gasteiger partial charge in [0.25, 0.3) is 0 Å².